The molecule has 22 atom stereocenters. The van der Waals surface area contributed by atoms with Gasteiger partial charge in [-0.25, -0.2) is 9.59 Å². The number of hydrogen-bond acceptors (Lipinski definition) is 10. The Hall–Kier alpha value is -2.34. The van der Waals surface area contributed by atoms with E-state index in [1.54, 1.807) is 24.3 Å². The molecule has 16 bridgehead atoms. The third-order valence-electron chi connectivity index (χ3n) is 23.4. The van der Waals surface area contributed by atoms with Crippen molar-refractivity contribution in [1.82, 2.24) is 0 Å². The maximum Gasteiger partial charge on any atom is 0.339 e. The van der Waals surface area contributed by atoms with Crippen LogP contribution in [0.25, 0.3) is 0 Å². The summed E-state index contributed by atoms with van der Waals surface area (Å²) in [4.78, 5) is 28.3. The molecule has 6 aliphatic heterocycles. The molecule has 8 saturated carbocycles. The monoisotopic (exact) mass is 971 g/mol. The van der Waals surface area contributed by atoms with Gasteiger partial charge in [0.05, 0.1) is 48.8 Å². The number of carbonyl (C=O) groups is 2. The molecule has 1 aromatic carbocycles. The third-order valence-corrected chi connectivity index (χ3v) is 23.4. The van der Waals surface area contributed by atoms with Gasteiger partial charge in [-0.15, -0.1) is 0 Å². The summed E-state index contributed by atoms with van der Waals surface area (Å²) in [5.74, 6) is 2.22. The summed E-state index contributed by atoms with van der Waals surface area (Å²) in [6.07, 6.45) is 17.2. The van der Waals surface area contributed by atoms with E-state index in [-0.39, 0.29) is 92.3 Å². The summed E-state index contributed by atoms with van der Waals surface area (Å²) in [5.41, 5.74) is -0.183. The second-order valence-corrected chi connectivity index (χ2v) is 26.2. The van der Waals surface area contributed by atoms with Gasteiger partial charge in [0.25, 0.3) is 0 Å². The first kappa shape index (κ1) is 51.2. The maximum atomic E-state index is 14.1. The Labute approximate surface area is 419 Å². The Morgan fingerprint density at radius 2 is 0.900 bits per heavy atom. The number of rotatable bonds is 0. The molecule has 0 unspecified atom stereocenters. The van der Waals surface area contributed by atoms with Crippen LogP contribution in [0.4, 0.5) is 0 Å². The Bertz CT molecular complexity index is 1920. The molecule has 0 saturated heterocycles. The topological polar surface area (TPSA) is 152 Å². The van der Waals surface area contributed by atoms with E-state index in [2.05, 4.69) is 53.7 Å². The fourth-order valence-electron chi connectivity index (χ4n) is 19.6. The molecule has 15 rings (SSSR count). The normalized spacial score (nSPS) is 50.4. The van der Waals surface area contributed by atoms with Crippen LogP contribution < -0.4 is 0 Å². The summed E-state index contributed by atoms with van der Waals surface area (Å²) in [6, 6.07) is 6.88. The minimum atomic E-state index is -0.513. The van der Waals surface area contributed by atoms with Gasteiger partial charge < -0.3 is 39.4 Å². The molecule has 70 heavy (non-hydrogen) atoms. The molecule has 0 spiro atoms. The SMILES string of the molecule is C[C@@H]1CCCOCC=CCOCCC[C@@H](C)[C@H]2CC[C@H]3[C@@H]4[C@H](O)C[C@@H]5C[C@@H](CC[C@]5(C)[C@H]4C[C@H](O)[C@]23C)OC(=O)c2ccccc2C(=O)O[C@@H]2CC[C@@]3(C)[C@@H](C2)C[C@@H](O)[C@@H]2[C@@H]3C[C@H](O)[C@]3(C)[C@@H]1CC[C@@H]23. The average Bonchev–Trinajstić information content (AvgIpc) is 3.89. The van der Waals surface area contributed by atoms with Gasteiger partial charge in [-0.2, -0.15) is 0 Å². The van der Waals surface area contributed by atoms with E-state index >= 15 is 0 Å². The Morgan fingerprint density at radius 3 is 1.31 bits per heavy atom. The molecule has 1 aromatic rings. The van der Waals surface area contributed by atoms with Crippen LogP contribution in [-0.2, 0) is 18.9 Å². The smallest absolute Gasteiger partial charge is 0.339 e. The standard InChI is InChI=1S/C60H90O10/c1-35-13-11-27-67-25-9-10-26-68-28-12-14-36(2)44-18-20-46-54-48(34-52(64)60(44,46)6)58(4)24-22-40(30-38(58)32-50(54)62)70-56(66)42-16-8-7-15-41(42)55(65)69-39-21-23-57(3)37(29-39)31-49(61)53-45-19-17-43(35)59(45,5)51(63)33-47(53)57/h7-10,15-16,35-40,43-54,61-64H,11-14,17-34H2,1-6H3/t35-,36-,37+,38+,39-,40-,43-,44-,45+,46+,47+,48+,49-,50-,51+,52+,53+,54+,57+,58+,59-,60-/m1/s1. The van der Waals surface area contributed by atoms with Crippen LogP contribution in [0, 0.1) is 92.7 Å². The zero-order chi connectivity index (χ0) is 49.3. The number of esters is 2. The highest BCUT2D eigenvalue weighted by Crippen LogP contribution is 2.70. The molecular formula is C60H90O10. The van der Waals surface area contributed by atoms with Crippen molar-refractivity contribution in [2.24, 2.45) is 92.7 Å². The van der Waals surface area contributed by atoms with E-state index < -0.39 is 36.4 Å². The van der Waals surface area contributed by atoms with Crippen molar-refractivity contribution >= 4 is 11.9 Å². The van der Waals surface area contributed by atoms with Crippen LogP contribution >= 0.6 is 0 Å². The van der Waals surface area contributed by atoms with Gasteiger partial charge >= 0.3 is 11.9 Å². The van der Waals surface area contributed by atoms with Gasteiger partial charge in [0.15, 0.2) is 0 Å². The molecule has 8 aliphatic carbocycles. The zero-order valence-corrected chi connectivity index (χ0v) is 43.7. The van der Waals surface area contributed by atoms with Gasteiger partial charge in [0.2, 0.25) is 0 Å². The van der Waals surface area contributed by atoms with Crippen molar-refractivity contribution in [3.05, 3.63) is 47.5 Å². The fraction of sp³-hybridized carbons (Fsp3) is 0.833. The van der Waals surface area contributed by atoms with Gasteiger partial charge in [0, 0.05) is 13.2 Å². The highest BCUT2D eigenvalue weighted by atomic mass is 16.6. The van der Waals surface area contributed by atoms with E-state index in [0.29, 0.717) is 101 Å². The van der Waals surface area contributed by atoms with Crippen molar-refractivity contribution in [2.45, 2.75) is 194 Å². The zero-order valence-electron chi connectivity index (χ0n) is 43.7. The third kappa shape index (κ3) is 8.70. The lowest BCUT2D eigenvalue weighted by atomic mass is 9.43. The number of hydrogen-bond donors (Lipinski definition) is 4. The van der Waals surface area contributed by atoms with Crippen molar-refractivity contribution in [2.75, 3.05) is 26.4 Å². The molecule has 10 heteroatoms. The minimum Gasteiger partial charge on any atom is -0.459 e. The van der Waals surface area contributed by atoms with Crippen LogP contribution in [0.1, 0.15) is 178 Å². The summed E-state index contributed by atoms with van der Waals surface area (Å²) < 4.78 is 24.7. The highest BCUT2D eigenvalue weighted by molar-refractivity contribution is 6.03. The van der Waals surface area contributed by atoms with Crippen LogP contribution in [0.3, 0.4) is 0 Å². The van der Waals surface area contributed by atoms with E-state index in [1.165, 1.54) is 0 Å². The summed E-state index contributed by atoms with van der Waals surface area (Å²) in [7, 11) is 0. The van der Waals surface area contributed by atoms with E-state index in [4.69, 9.17) is 18.9 Å². The van der Waals surface area contributed by atoms with Crippen molar-refractivity contribution < 1.29 is 49.0 Å². The second-order valence-electron chi connectivity index (χ2n) is 26.2. The number of benzene rings is 1. The van der Waals surface area contributed by atoms with E-state index in [1.807, 2.05) is 0 Å². The van der Waals surface area contributed by atoms with E-state index in [0.717, 1.165) is 64.2 Å². The molecule has 390 valence electrons. The number of carbonyl (C=O) groups excluding carboxylic acids is 2. The Morgan fingerprint density at radius 1 is 0.500 bits per heavy atom. The number of ether oxygens (including phenoxy) is 4. The molecule has 0 amide bonds. The van der Waals surface area contributed by atoms with Crippen molar-refractivity contribution in [3.63, 3.8) is 0 Å². The quantitative estimate of drug-likeness (QED) is 0.146. The first-order valence-corrected chi connectivity index (χ1v) is 28.5. The molecule has 4 N–H and O–H groups in total. The lowest BCUT2D eigenvalue weighted by molar-refractivity contribution is -0.207. The maximum absolute atomic E-state index is 14.1. The number of aliphatic hydroxyl groups is 4. The van der Waals surface area contributed by atoms with Crippen LogP contribution in [0.2, 0.25) is 0 Å². The predicted octanol–water partition coefficient (Wildman–Crippen LogP) is 10.4. The highest BCUT2D eigenvalue weighted by Gasteiger charge is 2.68. The minimum absolute atomic E-state index is 0.0758. The summed E-state index contributed by atoms with van der Waals surface area (Å²) in [6.45, 7) is 16.7. The molecule has 14 aliphatic rings. The predicted molar refractivity (Wildman–Crippen MR) is 268 cm³/mol. The van der Waals surface area contributed by atoms with Gasteiger partial charge in [-0.3, -0.25) is 0 Å². The van der Waals surface area contributed by atoms with Gasteiger partial charge in [0.1, 0.15) is 12.2 Å². The van der Waals surface area contributed by atoms with Gasteiger partial charge in [-0.1, -0.05) is 65.8 Å². The lowest BCUT2D eigenvalue weighted by Gasteiger charge is -2.63. The lowest BCUT2D eigenvalue weighted by Crippen LogP contribution is -2.62. The Kier molecular flexibility index (Phi) is 14.7. The average molecular weight is 971 g/mol. The van der Waals surface area contributed by atoms with E-state index in [9.17, 15) is 30.0 Å². The van der Waals surface area contributed by atoms with Crippen molar-refractivity contribution in [3.8, 4) is 0 Å². The first-order valence-electron chi connectivity index (χ1n) is 28.5. The summed E-state index contributed by atoms with van der Waals surface area (Å²) >= 11 is 0. The molecule has 6 heterocycles. The first-order chi connectivity index (χ1) is 33.5. The molecule has 0 aromatic heterocycles. The summed E-state index contributed by atoms with van der Waals surface area (Å²) in [5, 5.41) is 48.8. The molecule has 0 radical (unpaired) electrons. The van der Waals surface area contributed by atoms with Crippen LogP contribution in [0.15, 0.2) is 36.4 Å². The van der Waals surface area contributed by atoms with Gasteiger partial charge in [-0.05, 0) is 220 Å². The largest absolute Gasteiger partial charge is 0.459 e. The number of aliphatic hydroxyl groups excluding tert-OH is 4. The molecular weight excluding hydrogens is 881 g/mol. The molecule has 8 fully saturated rings. The molecule has 10 nitrogen and oxygen atoms in total. The second kappa shape index (κ2) is 20.1. The van der Waals surface area contributed by atoms with Crippen molar-refractivity contribution in [1.29, 1.82) is 0 Å². The fourth-order valence-corrected chi connectivity index (χ4v) is 19.6. The van der Waals surface area contributed by atoms with Crippen LogP contribution in [-0.4, -0.2) is 95.4 Å². The van der Waals surface area contributed by atoms with Crippen LogP contribution in [0.5, 0.6) is 0 Å². The Balaban J connectivity index is 0.853.